The Balaban J connectivity index is 2.55. The SMILES string of the molecule is COC(=O)CC[C@@H](NC(=O)N1C[C@@H](C)O[C@@H](C)C1)C(=O)O. The molecule has 1 aliphatic heterocycles. The fourth-order valence-electron chi connectivity index (χ4n) is 2.21. The van der Waals surface area contributed by atoms with Gasteiger partial charge in [0.25, 0.3) is 0 Å². The van der Waals surface area contributed by atoms with Crippen molar-refractivity contribution in [1.29, 1.82) is 0 Å². The van der Waals surface area contributed by atoms with Crippen molar-refractivity contribution in [3.8, 4) is 0 Å². The number of ether oxygens (including phenoxy) is 2. The Bertz CT molecular complexity index is 390. The summed E-state index contributed by atoms with van der Waals surface area (Å²) < 4.78 is 9.97. The summed E-state index contributed by atoms with van der Waals surface area (Å²) >= 11 is 0. The third-order valence-corrected chi connectivity index (χ3v) is 3.17. The highest BCUT2D eigenvalue weighted by Crippen LogP contribution is 2.11. The van der Waals surface area contributed by atoms with Crippen molar-refractivity contribution in [3.63, 3.8) is 0 Å². The number of morpholine rings is 1. The van der Waals surface area contributed by atoms with E-state index in [9.17, 15) is 14.4 Å². The normalized spacial score (nSPS) is 23.3. The molecule has 1 fully saturated rings. The Morgan fingerprint density at radius 2 is 1.90 bits per heavy atom. The van der Waals surface area contributed by atoms with E-state index in [4.69, 9.17) is 9.84 Å². The number of carbonyl (C=O) groups excluding carboxylic acids is 2. The fourth-order valence-corrected chi connectivity index (χ4v) is 2.21. The van der Waals surface area contributed by atoms with Gasteiger partial charge in [0, 0.05) is 19.5 Å². The van der Waals surface area contributed by atoms with Crippen LogP contribution >= 0.6 is 0 Å². The Kier molecular flexibility index (Phi) is 6.41. The van der Waals surface area contributed by atoms with Crippen LogP contribution in [-0.2, 0) is 19.1 Å². The number of urea groups is 1. The quantitative estimate of drug-likeness (QED) is 0.703. The van der Waals surface area contributed by atoms with Crippen LogP contribution in [-0.4, -0.2) is 66.4 Å². The number of esters is 1. The van der Waals surface area contributed by atoms with Crippen LogP contribution in [0.2, 0.25) is 0 Å². The molecule has 21 heavy (non-hydrogen) atoms. The summed E-state index contributed by atoms with van der Waals surface area (Å²) in [6, 6.07) is -1.58. The van der Waals surface area contributed by atoms with E-state index in [0.29, 0.717) is 13.1 Å². The molecule has 2 N–H and O–H groups in total. The number of aliphatic carboxylic acids is 1. The van der Waals surface area contributed by atoms with Gasteiger partial charge < -0.3 is 24.8 Å². The van der Waals surface area contributed by atoms with E-state index in [-0.39, 0.29) is 25.0 Å². The summed E-state index contributed by atoms with van der Waals surface area (Å²) in [5.74, 6) is -1.69. The molecule has 3 atom stereocenters. The lowest BCUT2D eigenvalue weighted by Gasteiger charge is -2.35. The second kappa shape index (κ2) is 7.82. The van der Waals surface area contributed by atoms with E-state index in [2.05, 4.69) is 10.1 Å². The summed E-state index contributed by atoms with van der Waals surface area (Å²) in [4.78, 5) is 35.8. The van der Waals surface area contributed by atoms with Crippen molar-refractivity contribution in [2.75, 3.05) is 20.2 Å². The first-order valence-electron chi connectivity index (χ1n) is 6.84. The van der Waals surface area contributed by atoms with Crippen LogP contribution in [0.15, 0.2) is 0 Å². The number of methoxy groups -OCH3 is 1. The van der Waals surface area contributed by atoms with Gasteiger partial charge in [-0.25, -0.2) is 9.59 Å². The van der Waals surface area contributed by atoms with Crippen LogP contribution in [0.25, 0.3) is 0 Å². The lowest BCUT2D eigenvalue weighted by Crippen LogP contribution is -2.54. The van der Waals surface area contributed by atoms with Crippen LogP contribution in [0.4, 0.5) is 4.79 Å². The molecule has 0 aromatic carbocycles. The number of hydrogen-bond donors (Lipinski definition) is 2. The summed E-state index contributed by atoms with van der Waals surface area (Å²) in [6.45, 7) is 4.50. The first kappa shape index (κ1) is 17.2. The Morgan fingerprint density at radius 3 is 2.38 bits per heavy atom. The molecular formula is C13H22N2O6. The van der Waals surface area contributed by atoms with Crippen molar-refractivity contribution in [3.05, 3.63) is 0 Å². The summed E-state index contributed by atoms with van der Waals surface area (Å²) in [6.07, 6.45) is -0.275. The standard InChI is InChI=1S/C13H22N2O6/c1-8-6-15(7-9(2)21-8)13(19)14-10(12(17)18)4-5-11(16)20-3/h8-10H,4-7H2,1-3H3,(H,14,19)(H,17,18)/t8-,9+,10-/m1/s1. The molecule has 0 aromatic heterocycles. The molecule has 2 amide bonds. The predicted octanol–water partition coefficient (Wildman–Crippen LogP) is 0.212. The average molecular weight is 302 g/mol. The second-order valence-electron chi connectivity index (χ2n) is 5.12. The van der Waals surface area contributed by atoms with E-state index in [1.807, 2.05) is 13.8 Å². The Hall–Kier alpha value is -1.83. The van der Waals surface area contributed by atoms with E-state index < -0.39 is 24.0 Å². The lowest BCUT2D eigenvalue weighted by molar-refractivity contribution is -0.142. The number of carbonyl (C=O) groups is 3. The van der Waals surface area contributed by atoms with E-state index in [1.165, 1.54) is 12.0 Å². The highest BCUT2D eigenvalue weighted by molar-refractivity contribution is 5.83. The van der Waals surface area contributed by atoms with Crippen molar-refractivity contribution in [2.24, 2.45) is 0 Å². The molecule has 0 unspecified atom stereocenters. The van der Waals surface area contributed by atoms with Gasteiger partial charge in [0.1, 0.15) is 6.04 Å². The smallest absolute Gasteiger partial charge is 0.326 e. The average Bonchev–Trinajstić information content (AvgIpc) is 2.41. The summed E-state index contributed by atoms with van der Waals surface area (Å²) in [5, 5.41) is 11.5. The van der Waals surface area contributed by atoms with Crippen LogP contribution in [0, 0.1) is 0 Å². The van der Waals surface area contributed by atoms with Crippen LogP contribution in [0.1, 0.15) is 26.7 Å². The number of amides is 2. The Labute approximate surface area is 123 Å². The molecule has 1 rings (SSSR count). The maximum atomic E-state index is 12.1. The van der Waals surface area contributed by atoms with Gasteiger partial charge in [-0.15, -0.1) is 0 Å². The van der Waals surface area contributed by atoms with Crippen LogP contribution in [0.5, 0.6) is 0 Å². The Morgan fingerprint density at radius 1 is 1.33 bits per heavy atom. The predicted molar refractivity (Wildman–Crippen MR) is 72.8 cm³/mol. The molecule has 8 nitrogen and oxygen atoms in total. The topological polar surface area (TPSA) is 105 Å². The van der Waals surface area contributed by atoms with E-state index in [1.54, 1.807) is 0 Å². The number of carboxylic acid groups (broad SMARTS) is 1. The third kappa shape index (κ3) is 5.58. The number of nitrogens with zero attached hydrogens (tertiary/aromatic N) is 1. The molecule has 0 radical (unpaired) electrons. The van der Waals surface area contributed by atoms with Gasteiger partial charge in [-0.3, -0.25) is 4.79 Å². The lowest BCUT2D eigenvalue weighted by atomic mass is 10.1. The van der Waals surface area contributed by atoms with Gasteiger partial charge in [0.15, 0.2) is 0 Å². The number of rotatable bonds is 5. The van der Waals surface area contributed by atoms with Crippen molar-refractivity contribution < 1.29 is 29.0 Å². The maximum absolute atomic E-state index is 12.1. The molecule has 0 spiro atoms. The van der Waals surface area contributed by atoms with Crippen molar-refractivity contribution in [1.82, 2.24) is 10.2 Å². The van der Waals surface area contributed by atoms with Gasteiger partial charge in [0.2, 0.25) is 0 Å². The van der Waals surface area contributed by atoms with Crippen molar-refractivity contribution in [2.45, 2.75) is 44.9 Å². The molecule has 1 saturated heterocycles. The molecule has 0 aromatic rings. The summed E-state index contributed by atoms with van der Waals surface area (Å²) in [7, 11) is 1.23. The number of hydrogen-bond acceptors (Lipinski definition) is 5. The van der Waals surface area contributed by atoms with Gasteiger partial charge in [-0.1, -0.05) is 0 Å². The molecule has 120 valence electrons. The zero-order valence-corrected chi connectivity index (χ0v) is 12.5. The monoisotopic (exact) mass is 302 g/mol. The van der Waals surface area contributed by atoms with Gasteiger partial charge in [-0.2, -0.15) is 0 Å². The highest BCUT2D eigenvalue weighted by Gasteiger charge is 2.29. The third-order valence-electron chi connectivity index (χ3n) is 3.17. The summed E-state index contributed by atoms with van der Waals surface area (Å²) in [5.41, 5.74) is 0. The fraction of sp³-hybridized carbons (Fsp3) is 0.769. The van der Waals surface area contributed by atoms with E-state index in [0.717, 1.165) is 0 Å². The minimum absolute atomic E-state index is 0.0107. The maximum Gasteiger partial charge on any atom is 0.326 e. The number of nitrogens with one attached hydrogen (secondary N) is 1. The molecule has 8 heteroatoms. The van der Waals surface area contributed by atoms with Gasteiger partial charge in [-0.05, 0) is 20.3 Å². The van der Waals surface area contributed by atoms with Crippen LogP contribution < -0.4 is 5.32 Å². The molecular weight excluding hydrogens is 280 g/mol. The van der Waals surface area contributed by atoms with Crippen molar-refractivity contribution >= 4 is 18.0 Å². The van der Waals surface area contributed by atoms with Crippen LogP contribution in [0.3, 0.4) is 0 Å². The van der Waals surface area contributed by atoms with Gasteiger partial charge >= 0.3 is 18.0 Å². The second-order valence-corrected chi connectivity index (χ2v) is 5.12. The molecule has 0 aliphatic carbocycles. The largest absolute Gasteiger partial charge is 0.480 e. The van der Waals surface area contributed by atoms with E-state index >= 15 is 0 Å². The minimum Gasteiger partial charge on any atom is -0.480 e. The first-order chi connectivity index (χ1) is 9.83. The number of carboxylic acids is 1. The molecule has 0 bridgehead atoms. The zero-order chi connectivity index (χ0) is 16.0. The highest BCUT2D eigenvalue weighted by atomic mass is 16.5. The molecule has 1 heterocycles. The zero-order valence-electron chi connectivity index (χ0n) is 12.5. The molecule has 0 saturated carbocycles. The van der Waals surface area contributed by atoms with Gasteiger partial charge in [0.05, 0.1) is 19.3 Å². The first-order valence-corrected chi connectivity index (χ1v) is 6.84. The molecule has 1 aliphatic rings. The minimum atomic E-state index is -1.18.